The molecule has 1 aliphatic heterocycles. The molecule has 122 valence electrons. The Morgan fingerprint density at radius 2 is 2.33 bits per heavy atom. The largest absolute Gasteiger partial charge is 0.347 e. The van der Waals surface area contributed by atoms with Gasteiger partial charge in [0.1, 0.15) is 15.5 Å². The van der Waals surface area contributed by atoms with Gasteiger partial charge in [-0.05, 0) is 36.2 Å². The molecule has 0 unspecified atom stereocenters. The van der Waals surface area contributed by atoms with Crippen LogP contribution in [-0.2, 0) is 6.54 Å². The van der Waals surface area contributed by atoms with Gasteiger partial charge in [0.05, 0.1) is 6.20 Å². The number of hydrogen-bond donors (Lipinski definition) is 2. The van der Waals surface area contributed by atoms with E-state index in [2.05, 4.69) is 26.7 Å². The number of carbonyl (C=O) groups is 1. The van der Waals surface area contributed by atoms with Gasteiger partial charge in [-0.15, -0.1) is 11.3 Å². The number of rotatable bonds is 4. The Labute approximate surface area is 143 Å². The number of imidazole rings is 1. The first-order valence-corrected chi connectivity index (χ1v) is 8.67. The molecule has 0 fully saturated rings. The third-order valence-electron chi connectivity index (χ3n) is 3.98. The van der Waals surface area contributed by atoms with Gasteiger partial charge >= 0.3 is 0 Å². The Morgan fingerprint density at radius 3 is 3.21 bits per heavy atom. The van der Waals surface area contributed by atoms with Gasteiger partial charge in [-0.2, -0.15) is 0 Å². The second kappa shape index (κ2) is 6.54. The molecule has 0 bridgehead atoms. The van der Waals surface area contributed by atoms with E-state index in [9.17, 15) is 4.79 Å². The molecule has 0 radical (unpaired) electrons. The quantitative estimate of drug-likeness (QED) is 0.764. The summed E-state index contributed by atoms with van der Waals surface area (Å²) in [6, 6.07) is 3.95. The molecule has 0 aliphatic carbocycles. The Morgan fingerprint density at radius 1 is 1.38 bits per heavy atom. The summed E-state index contributed by atoms with van der Waals surface area (Å²) in [6.07, 6.45) is 10.4. The summed E-state index contributed by atoms with van der Waals surface area (Å²) in [5.74, 6) is -0.0866. The second-order valence-electron chi connectivity index (χ2n) is 5.62. The van der Waals surface area contributed by atoms with E-state index in [1.807, 2.05) is 28.9 Å². The molecule has 0 atom stereocenters. The summed E-state index contributed by atoms with van der Waals surface area (Å²) in [5.41, 5.74) is 3.12. The van der Waals surface area contributed by atoms with Gasteiger partial charge in [-0.25, -0.2) is 9.97 Å². The normalized spacial score (nSPS) is 14.6. The van der Waals surface area contributed by atoms with Crippen LogP contribution in [-0.4, -0.2) is 33.4 Å². The molecule has 1 amide bonds. The van der Waals surface area contributed by atoms with Crippen molar-refractivity contribution < 1.29 is 4.79 Å². The van der Waals surface area contributed by atoms with Gasteiger partial charge in [-0.3, -0.25) is 4.79 Å². The maximum Gasteiger partial charge on any atom is 0.263 e. The van der Waals surface area contributed by atoms with Crippen molar-refractivity contribution in [2.45, 2.75) is 13.0 Å². The van der Waals surface area contributed by atoms with Gasteiger partial charge in [-0.1, -0.05) is 6.08 Å². The lowest BCUT2D eigenvalue weighted by Gasteiger charge is -2.11. The summed E-state index contributed by atoms with van der Waals surface area (Å²) < 4.78 is 1.94. The number of carbonyl (C=O) groups excluding carboxylic acids is 1. The zero-order chi connectivity index (χ0) is 16.4. The van der Waals surface area contributed by atoms with Crippen molar-refractivity contribution in [1.29, 1.82) is 0 Å². The molecule has 0 saturated heterocycles. The second-order valence-corrected chi connectivity index (χ2v) is 6.65. The summed E-state index contributed by atoms with van der Waals surface area (Å²) >= 11 is 1.45. The molecule has 3 aromatic rings. The average molecular weight is 339 g/mol. The highest BCUT2D eigenvalue weighted by Crippen LogP contribution is 2.24. The number of fused-ring (bicyclic) bond motifs is 1. The van der Waals surface area contributed by atoms with Crippen LogP contribution >= 0.6 is 11.3 Å². The summed E-state index contributed by atoms with van der Waals surface area (Å²) in [6.45, 7) is 2.30. The number of thiazole rings is 1. The molecule has 0 aromatic carbocycles. The highest BCUT2D eigenvalue weighted by molar-refractivity contribution is 7.14. The predicted molar refractivity (Wildman–Crippen MR) is 93.9 cm³/mol. The van der Waals surface area contributed by atoms with Gasteiger partial charge in [0.15, 0.2) is 0 Å². The molecule has 0 saturated carbocycles. The van der Waals surface area contributed by atoms with E-state index in [0.717, 1.165) is 35.7 Å². The predicted octanol–water partition coefficient (Wildman–Crippen LogP) is 2.10. The molecular weight excluding hydrogens is 322 g/mol. The molecule has 4 rings (SSSR count). The van der Waals surface area contributed by atoms with Gasteiger partial charge in [0.2, 0.25) is 0 Å². The fraction of sp³-hybridized carbons (Fsp3) is 0.235. The van der Waals surface area contributed by atoms with Crippen LogP contribution in [0, 0.1) is 0 Å². The number of pyridine rings is 1. The fourth-order valence-electron chi connectivity index (χ4n) is 2.68. The lowest BCUT2D eigenvalue weighted by atomic mass is 10.1. The zero-order valence-electron chi connectivity index (χ0n) is 13.0. The van der Waals surface area contributed by atoms with Crippen LogP contribution in [0.5, 0.6) is 0 Å². The van der Waals surface area contributed by atoms with E-state index >= 15 is 0 Å². The van der Waals surface area contributed by atoms with Gasteiger partial charge < -0.3 is 15.0 Å². The van der Waals surface area contributed by atoms with Crippen molar-refractivity contribution >= 4 is 28.5 Å². The minimum atomic E-state index is -0.0866. The van der Waals surface area contributed by atoms with E-state index in [1.54, 1.807) is 12.4 Å². The topological polar surface area (TPSA) is 71.3 Å². The van der Waals surface area contributed by atoms with Crippen molar-refractivity contribution in [3.63, 3.8) is 0 Å². The van der Waals surface area contributed by atoms with Crippen LogP contribution in [0.2, 0.25) is 0 Å². The molecular formula is C17H17N5OS. The summed E-state index contributed by atoms with van der Waals surface area (Å²) in [4.78, 5) is 21.6. The number of nitrogens with one attached hydrogen (secondary N) is 2. The van der Waals surface area contributed by atoms with Crippen LogP contribution in [0.1, 0.15) is 26.7 Å². The fourth-order valence-corrected chi connectivity index (χ4v) is 3.58. The SMILES string of the molecule is O=C(NCc1ccn2ccnc2c1)c1cnc(C2=CCNCC2)s1. The van der Waals surface area contributed by atoms with Crippen LogP contribution in [0.25, 0.3) is 11.2 Å². The lowest BCUT2D eigenvalue weighted by molar-refractivity contribution is 0.0954. The summed E-state index contributed by atoms with van der Waals surface area (Å²) in [5, 5.41) is 7.17. The number of hydrogen-bond acceptors (Lipinski definition) is 5. The monoisotopic (exact) mass is 339 g/mol. The van der Waals surface area contributed by atoms with Crippen LogP contribution in [0.3, 0.4) is 0 Å². The Balaban J connectivity index is 1.42. The van der Waals surface area contributed by atoms with E-state index in [4.69, 9.17) is 0 Å². The Bertz CT molecular complexity index is 910. The van der Waals surface area contributed by atoms with Crippen LogP contribution < -0.4 is 10.6 Å². The third-order valence-corrected chi connectivity index (χ3v) is 5.06. The smallest absolute Gasteiger partial charge is 0.263 e. The van der Waals surface area contributed by atoms with Crippen molar-refractivity contribution in [2.75, 3.05) is 13.1 Å². The van der Waals surface area contributed by atoms with Crippen molar-refractivity contribution in [3.05, 3.63) is 58.4 Å². The maximum absolute atomic E-state index is 12.3. The molecule has 7 heteroatoms. The van der Waals surface area contributed by atoms with Gasteiger partial charge in [0.25, 0.3) is 5.91 Å². The highest BCUT2D eigenvalue weighted by atomic mass is 32.1. The zero-order valence-corrected chi connectivity index (χ0v) is 13.8. The molecule has 0 spiro atoms. The first-order valence-electron chi connectivity index (χ1n) is 7.85. The third kappa shape index (κ3) is 3.08. The van der Waals surface area contributed by atoms with Gasteiger partial charge in [0, 0.05) is 31.7 Å². The molecule has 1 aliphatic rings. The highest BCUT2D eigenvalue weighted by Gasteiger charge is 2.14. The van der Waals surface area contributed by atoms with E-state index in [1.165, 1.54) is 16.9 Å². The van der Waals surface area contributed by atoms with E-state index < -0.39 is 0 Å². The number of amides is 1. The number of nitrogens with zero attached hydrogens (tertiary/aromatic N) is 3. The van der Waals surface area contributed by atoms with Crippen molar-refractivity contribution in [1.82, 2.24) is 25.0 Å². The average Bonchev–Trinajstić information content (AvgIpc) is 3.29. The van der Waals surface area contributed by atoms with E-state index in [-0.39, 0.29) is 5.91 Å². The molecule has 2 N–H and O–H groups in total. The first-order chi connectivity index (χ1) is 11.8. The molecule has 3 aromatic heterocycles. The first kappa shape index (κ1) is 15.0. The Hall–Kier alpha value is -2.51. The van der Waals surface area contributed by atoms with E-state index in [0.29, 0.717) is 11.4 Å². The molecule has 4 heterocycles. The van der Waals surface area contributed by atoms with Crippen LogP contribution in [0.4, 0.5) is 0 Å². The maximum atomic E-state index is 12.3. The molecule has 24 heavy (non-hydrogen) atoms. The van der Waals surface area contributed by atoms with Crippen LogP contribution in [0.15, 0.2) is 43.0 Å². The standard InChI is InChI=1S/C17H17N5OS/c23-16(14-11-21-17(24-14)13-1-4-18-5-2-13)20-10-12-3-7-22-8-6-19-15(22)9-12/h1,3,6-9,11,18H,2,4-5,10H2,(H,20,23). The lowest BCUT2D eigenvalue weighted by Crippen LogP contribution is -2.21. The number of aromatic nitrogens is 3. The van der Waals surface area contributed by atoms with Crippen molar-refractivity contribution in [3.8, 4) is 0 Å². The Kier molecular flexibility index (Phi) is 4.10. The minimum absolute atomic E-state index is 0.0866. The molecule has 6 nitrogen and oxygen atoms in total. The van der Waals surface area contributed by atoms with Crippen molar-refractivity contribution in [2.24, 2.45) is 0 Å². The minimum Gasteiger partial charge on any atom is -0.347 e. The summed E-state index contributed by atoms with van der Waals surface area (Å²) in [7, 11) is 0.